The fourth-order valence-electron chi connectivity index (χ4n) is 1.38. The zero-order chi connectivity index (χ0) is 13.8. The molecular formula is C13H9BrFNO3. The number of aromatic carboxylic acids is 1. The van der Waals surface area contributed by atoms with Crippen LogP contribution in [0.4, 0.5) is 4.39 Å². The molecule has 1 aromatic heterocycles. The summed E-state index contributed by atoms with van der Waals surface area (Å²) in [6.07, 6.45) is 1.25. The summed E-state index contributed by atoms with van der Waals surface area (Å²) in [5.74, 6) is -1.07. The van der Waals surface area contributed by atoms with Gasteiger partial charge in [0.15, 0.2) is 0 Å². The Kier molecular flexibility index (Phi) is 4.11. The van der Waals surface area contributed by atoms with E-state index in [0.717, 1.165) is 0 Å². The molecule has 0 fully saturated rings. The molecule has 0 aliphatic heterocycles. The number of carboxylic acids is 1. The minimum Gasteiger partial charge on any atom is -0.486 e. The zero-order valence-corrected chi connectivity index (χ0v) is 11.2. The number of nitrogens with zero attached hydrogens (tertiary/aromatic N) is 1. The first-order valence-electron chi connectivity index (χ1n) is 5.32. The van der Waals surface area contributed by atoms with Crippen molar-refractivity contribution in [1.29, 1.82) is 0 Å². The van der Waals surface area contributed by atoms with Crippen molar-refractivity contribution < 1.29 is 19.0 Å². The SMILES string of the molecule is O=C(O)c1ccc(COc2cc(F)ccc2Br)nc1. The number of carboxylic acid groups (broad SMARTS) is 1. The van der Waals surface area contributed by atoms with Crippen molar-refractivity contribution in [2.45, 2.75) is 6.61 Å². The first kappa shape index (κ1) is 13.5. The molecule has 0 unspecified atom stereocenters. The molecule has 0 saturated heterocycles. The fraction of sp³-hybridized carbons (Fsp3) is 0.0769. The summed E-state index contributed by atoms with van der Waals surface area (Å²) < 4.78 is 19.1. The van der Waals surface area contributed by atoms with E-state index in [0.29, 0.717) is 15.9 Å². The quantitative estimate of drug-likeness (QED) is 0.937. The molecule has 98 valence electrons. The molecule has 0 aliphatic rings. The lowest BCUT2D eigenvalue weighted by Gasteiger charge is -2.07. The van der Waals surface area contributed by atoms with Gasteiger partial charge >= 0.3 is 5.97 Å². The molecule has 0 atom stereocenters. The Labute approximate surface area is 117 Å². The van der Waals surface area contributed by atoms with Gasteiger partial charge in [0.25, 0.3) is 0 Å². The second-order valence-electron chi connectivity index (χ2n) is 3.71. The normalized spacial score (nSPS) is 10.2. The molecule has 0 amide bonds. The van der Waals surface area contributed by atoms with Crippen LogP contribution in [0.2, 0.25) is 0 Å². The standard InChI is InChI=1S/C13H9BrFNO3/c14-11-4-2-9(15)5-12(11)19-7-10-3-1-8(6-16-10)13(17)18/h1-6H,7H2,(H,17,18). The highest BCUT2D eigenvalue weighted by Gasteiger charge is 2.06. The summed E-state index contributed by atoms with van der Waals surface area (Å²) in [5.41, 5.74) is 0.664. The molecule has 0 spiro atoms. The molecule has 0 saturated carbocycles. The third-order valence-electron chi connectivity index (χ3n) is 2.34. The fourth-order valence-corrected chi connectivity index (χ4v) is 1.74. The van der Waals surface area contributed by atoms with Crippen molar-refractivity contribution in [3.63, 3.8) is 0 Å². The lowest BCUT2D eigenvalue weighted by atomic mass is 10.2. The highest BCUT2D eigenvalue weighted by molar-refractivity contribution is 9.10. The van der Waals surface area contributed by atoms with Gasteiger partial charge in [0.1, 0.15) is 18.2 Å². The van der Waals surface area contributed by atoms with Gasteiger partial charge in [0, 0.05) is 12.3 Å². The number of aromatic nitrogens is 1. The van der Waals surface area contributed by atoms with E-state index in [-0.39, 0.29) is 12.2 Å². The van der Waals surface area contributed by atoms with Crippen LogP contribution in [0.25, 0.3) is 0 Å². The van der Waals surface area contributed by atoms with Crippen LogP contribution in [-0.2, 0) is 6.61 Å². The Morgan fingerprint density at radius 1 is 1.37 bits per heavy atom. The Bertz CT molecular complexity index is 601. The van der Waals surface area contributed by atoms with Crippen LogP contribution in [0.15, 0.2) is 41.0 Å². The molecule has 1 N–H and O–H groups in total. The Hall–Kier alpha value is -1.95. The predicted molar refractivity (Wildman–Crippen MR) is 69.6 cm³/mol. The number of benzene rings is 1. The van der Waals surface area contributed by atoms with E-state index in [1.165, 1.54) is 24.4 Å². The summed E-state index contributed by atoms with van der Waals surface area (Å²) in [7, 11) is 0. The van der Waals surface area contributed by atoms with Crippen LogP contribution in [0.5, 0.6) is 5.75 Å². The molecule has 4 nitrogen and oxygen atoms in total. The van der Waals surface area contributed by atoms with E-state index < -0.39 is 11.8 Å². The number of carbonyl (C=O) groups is 1. The first-order chi connectivity index (χ1) is 9.06. The molecule has 0 radical (unpaired) electrons. The monoisotopic (exact) mass is 325 g/mol. The minimum absolute atomic E-state index is 0.107. The lowest BCUT2D eigenvalue weighted by Crippen LogP contribution is -2.02. The van der Waals surface area contributed by atoms with Crippen LogP contribution in [0.1, 0.15) is 16.1 Å². The maximum atomic E-state index is 13.0. The molecule has 19 heavy (non-hydrogen) atoms. The summed E-state index contributed by atoms with van der Waals surface area (Å²) in [6.45, 7) is 0.127. The van der Waals surface area contributed by atoms with Gasteiger partial charge < -0.3 is 9.84 Å². The number of rotatable bonds is 4. The molecule has 0 bridgehead atoms. The number of halogens is 2. The van der Waals surface area contributed by atoms with Crippen LogP contribution < -0.4 is 4.74 Å². The average molecular weight is 326 g/mol. The third-order valence-corrected chi connectivity index (χ3v) is 3.00. The van der Waals surface area contributed by atoms with Gasteiger partial charge in [-0.15, -0.1) is 0 Å². The maximum Gasteiger partial charge on any atom is 0.337 e. The van der Waals surface area contributed by atoms with Gasteiger partial charge in [-0.25, -0.2) is 9.18 Å². The molecule has 1 heterocycles. The zero-order valence-electron chi connectivity index (χ0n) is 9.64. The van der Waals surface area contributed by atoms with Gasteiger partial charge in [0.2, 0.25) is 0 Å². The smallest absolute Gasteiger partial charge is 0.337 e. The van der Waals surface area contributed by atoms with Gasteiger partial charge in [-0.3, -0.25) is 4.98 Å². The van der Waals surface area contributed by atoms with E-state index in [1.807, 2.05) is 0 Å². The van der Waals surface area contributed by atoms with Crippen molar-refractivity contribution >= 4 is 21.9 Å². The summed E-state index contributed by atoms with van der Waals surface area (Å²) >= 11 is 3.24. The van der Waals surface area contributed by atoms with Crippen LogP contribution in [0, 0.1) is 5.82 Å². The first-order valence-corrected chi connectivity index (χ1v) is 6.11. The minimum atomic E-state index is -1.03. The van der Waals surface area contributed by atoms with Crippen molar-refractivity contribution in [3.05, 3.63) is 58.1 Å². The second kappa shape index (κ2) is 5.79. The number of pyridine rings is 1. The number of ether oxygens (including phenoxy) is 1. The molecular weight excluding hydrogens is 317 g/mol. The molecule has 6 heteroatoms. The van der Waals surface area contributed by atoms with E-state index in [9.17, 15) is 9.18 Å². The predicted octanol–water partition coefficient (Wildman–Crippen LogP) is 3.26. The van der Waals surface area contributed by atoms with E-state index >= 15 is 0 Å². The van der Waals surface area contributed by atoms with Crippen LogP contribution >= 0.6 is 15.9 Å². The van der Waals surface area contributed by atoms with Gasteiger partial charge in [-0.1, -0.05) is 0 Å². The number of hydrogen-bond donors (Lipinski definition) is 1. The molecule has 2 aromatic rings. The van der Waals surface area contributed by atoms with Crippen LogP contribution in [-0.4, -0.2) is 16.1 Å². The van der Waals surface area contributed by atoms with Crippen molar-refractivity contribution in [1.82, 2.24) is 4.98 Å². The number of hydrogen-bond acceptors (Lipinski definition) is 3. The van der Waals surface area contributed by atoms with E-state index in [4.69, 9.17) is 9.84 Å². The molecule has 1 aromatic carbocycles. The third kappa shape index (κ3) is 3.51. The highest BCUT2D eigenvalue weighted by Crippen LogP contribution is 2.26. The summed E-state index contributed by atoms with van der Waals surface area (Å²) in [4.78, 5) is 14.6. The highest BCUT2D eigenvalue weighted by atomic mass is 79.9. The van der Waals surface area contributed by atoms with Crippen molar-refractivity contribution in [3.8, 4) is 5.75 Å². The Morgan fingerprint density at radius 2 is 2.16 bits per heavy atom. The van der Waals surface area contributed by atoms with Crippen molar-refractivity contribution in [2.75, 3.05) is 0 Å². The largest absolute Gasteiger partial charge is 0.486 e. The van der Waals surface area contributed by atoms with Gasteiger partial charge in [0.05, 0.1) is 15.7 Å². The lowest BCUT2D eigenvalue weighted by molar-refractivity contribution is 0.0696. The van der Waals surface area contributed by atoms with Gasteiger partial charge in [-0.05, 0) is 40.2 Å². The Balaban J connectivity index is 2.06. The van der Waals surface area contributed by atoms with Gasteiger partial charge in [-0.2, -0.15) is 0 Å². The van der Waals surface area contributed by atoms with Crippen molar-refractivity contribution in [2.24, 2.45) is 0 Å². The second-order valence-corrected chi connectivity index (χ2v) is 4.56. The topological polar surface area (TPSA) is 59.4 Å². The molecule has 2 rings (SSSR count). The summed E-state index contributed by atoms with van der Waals surface area (Å²) in [6, 6.07) is 7.11. The van der Waals surface area contributed by atoms with E-state index in [1.54, 1.807) is 12.1 Å². The summed E-state index contributed by atoms with van der Waals surface area (Å²) in [5, 5.41) is 8.73. The maximum absolute atomic E-state index is 13.0. The molecule has 0 aliphatic carbocycles. The average Bonchev–Trinajstić information content (AvgIpc) is 2.40. The van der Waals surface area contributed by atoms with Crippen LogP contribution in [0.3, 0.4) is 0 Å². The Morgan fingerprint density at radius 3 is 2.79 bits per heavy atom. The van der Waals surface area contributed by atoms with E-state index in [2.05, 4.69) is 20.9 Å².